The molecule has 0 saturated carbocycles. The normalized spacial score (nSPS) is 27.0. The summed E-state index contributed by atoms with van der Waals surface area (Å²) in [6, 6.07) is 10.6. The summed E-state index contributed by atoms with van der Waals surface area (Å²) in [4.78, 5) is 30.5. The Hall–Kier alpha value is -3.00. The molecule has 4 heterocycles. The Kier molecular flexibility index (Phi) is 4.01. The highest BCUT2D eigenvalue weighted by Crippen LogP contribution is 2.43. The van der Waals surface area contributed by atoms with E-state index in [1.807, 2.05) is 6.07 Å². The van der Waals surface area contributed by atoms with Crippen LogP contribution in [0, 0.1) is 5.92 Å². The Morgan fingerprint density at radius 3 is 2.93 bits per heavy atom. The lowest BCUT2D eigenvalue weighted by Gasteiger charge is -2.45. The van der Waals surface area contributed by atoms with E-state index in [0.29, 0.717) is 5.65 Å². The van der Waals surface area contributed by atoms with E-state index in [9.17, 15) is 4.79 Å². The van der Waals surface area contributed by atoms with Crippen LogP contribution in [-0.4, -0.2) is 51.0 Å². The molecule has 2 aliphatic rings. The number of piperidine rings is 1. The van der Waals surface area contributed by atoms with Crippen LogP contribution in [-0.2, 0) is 4.79 Å². The average molecular weight is 377 g/mol. The number of aromatic amines is 1. The number of anilines is 1. The molecular formula is C20H23N7O. The summed E-state index contributed by atoms with van der Waals surface area (Å²) in [6.07, 6.45) is 4.07. The monoisotopic (exact) mass is 377 g/mol. The first kappa shape index (κ1) is 17.1. The average Bonchev–Trinajstić information content (AvgIpc) is 3.32. The first-order valence-electron chi connectivity index (χ1n) is 9.62. The number of hydrogen-bond donors (Lipinski definition) is 3. The van der Waals surface area contributed by atoms with Crippen LogP contribution in [0.3, 0.4) is 0 Å². The van der Waals surface area contributed by atoms with E-state index in [4.69, 9.17) is 0 Å². The predicted octanol–water partition coefficient (Wildman–Crippen LogP) is 1.40. The fraction of sp³-hybridized carbons (Fsp3) is 0.400. The molecule has 8 heteroatoms. The van der Waals surface area contributed by atoms with Crippen LogP contribution in [0.5, 0.6) is 0 Å². The first-order chi connectivity index (χ1) is 13.7. The van der Waals surface area contributed by atoms with Gasteiger partial charge in [0.25, 0.3) is 0 Å². The summed E-state index contributed by atoms with van der Waals surface area (Å²) >= 11 is 0. The summed E-state index contributed by atoms with van der Waals surface area (Å²) < 4.78 is 0. The van der Waals surface area contributed by atoms with Gasteiger partial charge in [0.1, 0.15) is 11.8 Å². The van der Waals surface area contributed by atoms with Gasteiger partial charge in [-0.3, -0.25) is 4.79 Å². The molecule has 3 aromatic rings. The van der Waals surface area contributed by atoms with E-state index in [1.165, 1.54) is 5.56 Å². The number of benzene rings is 1. The number of nitrogens with zero attached hydrogens (tertiary/aromatic N) is 4. The Morgan fingerprint density at radius 2 is 2.11 bits per heavy atom. The summed E-state index contributed by atoms with van der Waals surface area (Å²) in [6.45, 7) is 3.98. The zero-order chi connectivity index (χ0) is 19.1. The van der Waals surface area contributed by atoms with Crippen LogP contribution in [0.15, 0.2) is 43.0 Å². The molecule has 5 rings (SSSR count). The molecule has 2 aromatic heterocycles. The predicted molar refractivity (Wildman–Crippen MR) is 106 cm³/mol. The standard InChI is InChI=1S/C20H23N7O/c1-13(28)26-20-7-8-27(19-17-18(23-11-22-17)24-12-25-19)9-15(20)16(21-10-20)14-5-3-2-4-6-14/h2-6,11-12,15-16,21H,7-10H2,1H3,(H,26,28)(H,22,23,24,25)/t15?,16-,20-/m1/s1. The van der Waals surface area contributed by atoms with Crippen molar-refractivity contribution < 1.29 is 4.79 Å². The number of aromatic nitrogens is 4. The summed E-state index contributed by atoms with van der Waals surface area (Å²) in [5.41, 5.74) is 2.53. The highest BCUT2D eigenvalue weighted by Gasteiger charge is 2.52. The van der Waals surface area contributed by atoms with Gasteiger partial charge in [0, 0.05) is 38.5 Å². The van der Waals surface area contributed by atoms with Crippen LogP contribution >= 0.6 is 0 Å². The molecule has 1 amide bonds. The second-order valence-electron chi connectivity index (χ2n) is 7.71. The van der Waals surface area contributed by atoms with Crippen molar-refractivity contribution in [2.45, 2.75) is 24.9 Å². The lowest BCUT2D eigenvalue weighted by atomic mass is 9.75. The molecule has 0 aliphatic carbocycles. The van der Waals surface area contributed by atoms with Crippen molar-refractivity contribution in [3.8, 4) is 0 Å². The fourth-order valence-corrected chi connectivity index (χ4v) is 4.85. The van der Waals surface area contributed by atoms with Gasteiger partial charge in [-0.2, -0.15) is 0 Å². The topological polar surface area (TPSA) is 98.8 Å². The van der Waals surface area contributed by atoms with Gasteiger partial charge in [-0.25, -0.2) is 15.0 Å². The van der Waals surface area contributed by atoms with Crippen molar-refractivity contribution in [2.24, 2.45) is 5.92 Å². The second-order valence-corrected chi connectivity index (χ2v) is 7.71. The van der Waals surface area contributed by atoms with E-state index >= 15 is 0 Å². The third kappa shape index (κ3) is 2.72. The van der Waals surface area contributed by atoms with E-state index < -0.39 is 0 Å². The van der Waals surface area contributed by atoms with Gasteiger partial charge in [-0.05, 0) is 12.0 Å². The van der Waals surface area contributed by atoms with Crippen molar-refractivity contribution in [2.75, 3.05) is 24.5 Å². The molecule has 0 bridgehead atoms. The summed E-state index contributed by atoms with van der Waals surface area (Å²) in [5, 5.41) is 6.95. The number of carbonyl (C=O) groups excluding carboxylic acids is 1. The lowest BCUT2D eigenvalue weighted by molar-refractivity contribution is -0.121. The number of H-pyrrole nitrogens is 1. The molecule has 2 saturated heterocycles. The number of nitrogens with one attached hydrogen (secondary N) is 3. The minimum atomic E-state index is -0.247. The molecular weight excluding hydrogens is 354 g/mol. The van der Waals surface area contributed by atoms with Gasteiger partial charge in [-0.15, -0.1) is 0 Å². The van der Waals surface area contributed by atoms with Gasteiger partial charge in [-0.1, -0.05) is 30.3 Å². The zero-order valence-corrected chi connectivity index (χ0v) is 15.7. The van der Waals surface area contributed by atoms with Crippen molar-refractivity contribution in [3.63, 3.8) is 0 Å². The van der Waals surface area contributed by atoms with Crippen molar-refractivity contribution in [3.05, 3.63) is 48.5 Å². The number of carbonyl (C=O) groups is 1. The first-order valence-corrected chi connectivity index (χ1v) is 9.62. The van der Waals surface area contributed by atoms with Crippen LogP contribution in [0.2, 0.25) is 0 Å². The molecule has 0 spiro atoms. The van der Waals surface area contributed by atoms with Crippen molar-refractivity contribution in [1.29, 1.82) is 0 Å². The maximum atomic E-state index is 12.0. The number of amides is 1. The molecule has 2 aliphatic heterocycles. The molecule has 3 atom stereocenters. The van der Waals surface area contributed by atoms with Gasteiger partial charge in [0.15, 0.2) is 11.5 Å². The number of imidazole rings is 1. The van der Waals surface area contributed by atoms with E-state index in [1.54, 1.807) is 19.6 Å². The molecule has 3 N–H and O–H groups in total. The second kappa shape index (κ2) is 6.56. The molecule has 144 valence electrons. The smallest absolute Gasteiger partial charge is 0.217 e. The zero-order valence-electron chi connectivity index (χ0n) is 15.7. The highest BCUT2D eigenvalue weighted by atomic mass is 16.1. The lowest BCUT2D eigenvalue weighted by Crippen LogP contribution is -2.61. The highest BCUT2D eigenvalue weighted by molar-refractivity contribution is 5.82. The van der Waals surface area contributed by atoms with Gasteiger partial charge in [0.2, 0.25) is 5.91 Å². The maximum Gasteiger partial charge on any atom is 0.217 e. The van der Waals surface area contributed by atoms with Crippen molar-refractivity contribution in [1.82, 2.24) is 30.6 Å². The Bertz CT molecular complexity index is 1000. The van der Waals surface area contributed by atoms with E-state index in [2.05, 4.69) is 59.7 Å². The molecule has 0 radical (unpaired) electrons. The number of rotatable bonds is 3. The molecule has 1 aromatic carbocycles. The van der Waals surface area contributed by atoms with Gasteiger partial charge in [0.05, 0.1) is 11.9 Å². The minimum Gasteiger partial charge on any atom is -0.354 e. The third-order valence-electron chi connectivity index (χ3n) is 6.08. The van der Waals surface area contributed by atoms with Crippen LogP contribution < -0.4 is 15.5 Å². The minimum absolute atomic E-state index is 0.0203. The van der Waals surface area contributed by atoms with E-state index in [-0.39, 0.29) is 23.4 Å². The van der Waals surface area contributed by atoms with Gasteiger partial charge >= 0.3 is 0 Å². The quantitative estimate of drug-likeness (QED) is 0.638. The van der Waals surface area contributed by atoms with Gasteiger partial charge < -0.3 is 20.5 Å². The SMILES string of the molecule is CC(=O)N[C@@]12CCN(c3ncnc4nc[nH]c34)CC1[C@@H](c1ccccc1)NC2. The van der Waals surface area contributed by atoms with Crippen LogP contribution in [0.4, 0.5) is 5.82 Å². The summed E-state index contributed by atoms with van der Waals surface area (Å²) in [5.74, 6) is 1.12. The Labute approximate surface area is 162 Å². The largest absolute Gasteiger partial charge is 0.354 e. The van der Waals surface area contributed by atoms with Crippen molar-refractivity contribution >= 4 is 22.9 Å². The number of fused-ring (bicyclic) bond motifs is 2. The molecule has 1 unspecified atom stereocenters. The maximum absolute atomic E-state index is 12.0. The number of hydrogen-bond acceptors (Lipinski definition) is 6. The molecule has 2 fully saturated rings. The summed E-state index contributed by atoms with van der Waals surface area (Å²) in [7, 11) is 0. The Balaban J connectivity index is 1.52. The van der Waals surface area contributed by atoms with Crippen LogP contribution in [0.1, 0.15) is 24.9 Å². The van der Waals surface area contributed by atoms with Crippen LogP contribution in [0.25, 0.3) is 11.2 Å². The third-order valence-corrected chi connectivity index (χ3v) is 6.08. The fourth-order valence-electron chi connectivity index (χ4n) is 4.85. The molecule has 8 nitrogen and oxygen atoms in total. The Morgan fingerprint density at radius 1 is 1.25 bits per heavy atom. The van der Waals surface area contributed by atoms with E-state index in [0.717, 1.165) is 37.4 Å². The molecule has 28 heavy (non-hydrogen) atoms.